The van der Waals surface area contributed by atoms with Crippen molar-refractivity contribution in [2.75, 3.05) is 19.0 Å². The van der Waals surface area contributed by atoms with E-state index >= 15 is 0 Å². The molecule has 4 aromatic rings. The third kappa shape index (κ3) is 4.06. The van der Waals surface area contributed by atoms with Crippen LogP contribution in [0.4, 0.5) is 5.69 Å². The maximum Gasteiger partial charge on any atom is 0.262 e. The van der Waals surface area contributed by atoms with E-state index < -0.39 is 0 Å². The molecule has 0 spiro atoms. The Hall–Kier alpha value is -3.80. The average Bonchev–Trinajstić information content (AvgIpc) is 3.17. The van der Waals surface area contributed by atoms with Crippen molar-refractivity contribution < 1.29 is 14.3 Å². The van der Waals surface area contributed by atoms with Gasteiger partial charge >= 0.3 is 0 Å². The standard InChI is InChI=1S/C23H21N3O3/c1-16-7-3-4-8-20(16)29-15-23(27)25-18-13-17(10-11-21(18)28-2)19-14-26-12-6-5-9-22(26)24-19/h3-14H,15H2,1-2H3,(H,25,27). The number of imidazole rings is 1. The van der Waals surface area contributed by atoms with Crippen LogP contribution in [0.25, 0.3) is 16.9 Å². The number of ether oxygens (including phenoxy) is 2. The van der Waals surface area contributed by atoms with E-state index in [4.69, 9.17) is 9.47 Å². The fourth-order valence-electron chi connectivity index (χ4n) is 3.09. The highest BCUT2D eigenvalue weighted by atomic mass is 16.5. The van der Waals surface area contributed by atoms with Gasteiger partial charge in [0.05, 0.1) is 18.5 Å². The van der Waals surface area contributed by atoms with Crippen LogP contribution in [-0.2, 0) is 4.79 Å². The summed E-state index contributed by atoms with van der Waals surface area (Å²) in [5.41, 5.74) is 4.10. The first-order chi connectivity index (χ1) is 14.1. The summed E-state index contributed by atoms with van der Waals surface area (Å²) in [6.45, 7) is 1.85. The minimum Gasteiger partial charge on any atom is -0.495 e. The molecule has 0 aliphatic rings. The zero-order chi connectivity index (χ0) is 20.2. The molecule has 146 valence electrons. The fraction of sp³-hybridized carbons (Fsp3) is 0.130. The molecule has 1 N–H and O–H groups in total. The second kappa shape index (κ2) is 8.06. The van der Waals surface area contributed by atoms with Crippen LogP contribution in [-0.4, -0.2) is 29.0 Å². The molecule has 0 aliphatic heterocycles. The molecule has 6 nitrogen and oxygen atoms in total. The molecule has 6 heteroatoms. The average molecular weight is 387 g/mol. The van der Waals surface area contributed by atoms with E-state index in [9.17, 15) is 4.79 Å². The van der Waals surface area contributed by atoms with Crippen molar-refractivity contribution in [3.63, 3.8) is 0 Å². The van der Waals surface area contributed by atoms with Crippen molar-refractivity contribution in [1.29, 1.82) is 0 Å². The second-order valence-electron chi connectivity index (χ2n) is 6.61. The number of rotatable bonds is 6. The monoisotopic (exact) mass is 387 g/mol. The van der Waals surface area contributed by atoms with E-state index in [-0.39, 0.29) is 12.5 Å². The van der Waals surface area contributed by atoms with Crippen LogP contribution in [0.2, 0.25) is 0 Å². The first-order valence-electron chi connectivity index (χ1n) is 9.24. The molecule has 1 amide bonds. The third-order valence-corrected chi connectivity index (χ3v) is 4.59. The molecule has 0 saturated carbocycles. The minimum atomic E-state index is -0.265. The number of carbonyl (C=O) groups excluding carboxylic acids is 1. The zero-order valence-electron chi connectivity index (χ0n) is 16.3. The Morgan fingerprint density at radius 2 is 1.90 bits per heavy atom. The normalized spacial score (nSPS) is 10.7. The van der Waals surface area contributed by atoms with E-state index in [1.54, 1.807) is 7.11 Å². The number of hydrogen-bond acceptors (Lipinski definition) is 4. The fourth-order valence-corrected chi connectivity index (χ4v) is 3.09. The Kier molecular flexibility index (Phi) is 5.16. The largest absolute Gasteiger partial charge is 0.495 e. The number of aryl methyl sites for hydroxylation is 1. The van der Waals surface area contributed by atoms with Gasteiger partial charge in [-0.3, -0.25) is 4.79 Å². The van der Waals surface area contributed by atoms with E-state index in [0.29, 0.717) is 17.2 Å². The summed E-state index contributed by atoms with van der Waals surface area (Å²) in [5, 5.41) is 2.87. The number of aromatic nitrogens is 2. The number of anilines is 1. The van der Waals surface area contributed by atoms with Gasteiger partial charge in [0.2, 0.25) is 0 Å². The summed E-state index contributed by atoms with van der Waals surface area (Å²) in [6.07, 6.45) is 3.89. The molecule has 0 atom stereocenters. The number of nitrogens with zero attached hydrogens (tertiary/aromatic N) is 2. The zero-order valence-corrected chi connectivity index (χ0v) is 16.3. The van der Waals surface area contributed by atoms with Gasteiger partial charge in [0.1, 0.15) is 17.1 Å². The van der Waals surface area contributed by atoms with Crippen LogP contribution in [0, 0.1) is 6.92 Å². The number of hydrogen-bond donors (Lipinski definition) is 1. The van der Waals surface area contributed by atoms with Crippen molar-refractivity contribution in [1.82, 2.24) is 9.38 Å². The van der Waals surface area contributed by atoms with Gasteiger partial charge in [-0.15, -0.1) is 0 Å². The topological polar surface area (TPSA) is 64.9 Å². The molecule has 0 aliphatic carbocycles. The van der Waals surface area contributed by atoms with Crippen LogP contribution >= 0.6 is 0 Å². The van der Waals surface area contributed by atoms with Gasteiger partial charge in [0, 0.05) is 18.0 Å². The summed E-state index contributed by atoms with van der Waals surface area (Å²) in [5.74, 6) is 0.994. The Balaban J connectivity index is 1.53. The number of methoxy groups -OCH3 is 1. The first-order valence-corrected chi connectivity index (χ1v) is 9.24. The lowest BCUT2D eigenvalue weighted by Crippen LogP contribution is -2.20. The number of amides is 1. The highest BCUT2D eigenvalue weighted by Gasteiger charge is 2.12. The van der Waals surface area contributed by atoms with Gasteiger partial charge in [-0.2, -0.15) is 0 Å². The van der Waals surface area contributed by atoms with Crippen molar-refractivity contribution in [3.8, 4) is 22.8 Å². The Morgan fingerprint density at radius 1 is 1.07 bits per heavy atom. The number of pyridine rings is 1. The summed E-state index contributed by atoms with van der Waals surface area (Å²) in [7, 11) is 1.57. The molecule has 4 rings (SSSR count). The van der Waals surface area contributed by atoms with Crippen LogP contribution in [0.1, 0.15) is 5.56 Å². The van der Waals surface area contributed by atoms with Crippen molar-refractivity contribution >= 4 is 17.2 Å². The Bertz CT molecular complexity index is 1130. The van der Waals surface area contributed by atoms with E-state index in [0.717, 1.165) is 22.5 Å². The lowest BCUT2D eigenvalue weighted by molar-refractivity contribution is -0.118. The maximum absolute atomic E-state index is 12.4. The predicted octanol–water partition coefficient (Wildman–Crippen LogP) is 4.34. The molecule has 0 radical (unpaired) electrons. The maximum atomic E-state index is 12.4. The van der Waals surface area contributed by atoms with Gasteiger partial charge in [0.25, 0.3) is 5.91 Å². The van der Waals surface area contributed by atoms with Crippen LogP contribution in [0.3, 0.4) is 0 Å². The molecular weight excluding hydrogens is 366 g/mol. The van der Waals surface area contributed by atoms with Gasteiger partial charge in [0.15, 0.2) is 6.61 Å². The molecule has 0 unspecified atom stereocenters. The molecule has 2 heterocycles. The summed E-state index contributed by atoms with van der Waals surface area (Å²) in [6, 6.07) is 19.0. The summed E-state index contributed by atoms with van der Waals surface area (Å²) < 4.78 is 13.0. The lowest BCUT2D eigenvalue weighted by Gasteiger charge is -2.13. The van der Waals surface area contributed by atoms with E-state index in [1.165, 1.54) is 0 Å². The van der Waals surface area contributed by atoms with Crippen LogP contribution in [0.15, 0.2) is 73.1 Å². The number of para-hydroxylation sites is 1. The Labute approximate surface area is 168 Å². The first kappa shape index (κ1) is 18.6. The smallest absolute Gasteiger partial charge is 0.262 e. The highest BCUT2D eigenvalue weighted by Crippen LogP contribution is 2.30. The highest BCUT2D eigenvalue weighted by molar-refractivity contribution is 5.94. The van der Waals surface area contributed by atoms with Gasteiger partial charge in [-0.25, -0.2) is 4.98 Å². The minimum absolute atomic E-state index is 0.0907. The lowest BCUT2D eigenvalue weighted by atomic mass is 10.1. The SMILES string of the molecule is COc1ccc(-c2cn3ccccc3n2)cc1NC(=O)COc1ccccc1C. The van der Waals surface area contributed by atoms with Crippen LogP contribution < -0.4 is 14.8 Å². The number of nitrogens with one attached hydrogen (secondary N) is 1. The van der Waals surface area contributed by atoms with E-state index in [2.05, 4.69) is 10.3 Å². The number of carbonyl (C=O) groups is 1. The number of benzene rings is 2. The van der Waals surface area contributed by atoms with Crippen molar-refractivity contribution in [3.05, 3.63) is 78.6 Å². The molecule has 0 bridgehead atoms. The molecule has 29 heavy (non-hydrogen) atoms. The van der Waals surface area contributed by atoms with Gasteiger partial charge in [-0.05, 0) is 48.9 Å². The van der Waals surface area contributed by atoms with Crippen molar-refractivity contribution in [2.24, 2.45) is 0 Å². The molecule has 2 aromatic heterocycles. The Morgan fingerprint density at radius 3 is 2.69 bits per heavy atom. The number of fused-ring (bicyclic) bond motifs is 1. The molecule has 0 fully saturated rings. The van der Waals surface area contributed by atoms with Crippen molar-refractivity contribution in [2.45, 2.75) is 6.92 Å². The third-order valence-electron chi connectivity index (χ3n) is 4.59. The van der Waals surface area contributed by atoms with E-state index in [1.807, 2.05) is 84.4 Å². The summed E-state index contributed by atoms with van der Waals surface area (Å²) in [4.78, 5) is 17.1. The van der Waals surface area contributed by atoms with Gasteiger partial charge in [-0.1, -0.05) is 24.3 Å². The second-order valence-corrected chi connectivity index (χ2v) is 6.61. The molecule has 0 saturated heterocycles. The molecule has 2 aromatic carbocycles. The molecular formula is C23H21N3O3. The van der Waals surface area contributed by atoms with Gasteiger partial charge < -0.3 is 19.2 Å². The van der Waals surface area contributed by atoms with Crippen LogP contribution in [0.5, 0.6) is 11.5 Å². The quantitative estimate of drug-likeness (QED) is 0.535. The predicted molar refractivity (Wildman–Crippen MR) is 112 cm³/mol. The summed E-state index contributed by atoms with van der Waals surface area (Å²) >= 11 is 0.